The number of aliphatic carboxylic acids is 2. The number of carbonyl (C=O) groups excluding carboxylic acids is 1. The molecule has 12 heteroatoms. The highest BCUT2D eigenvalue weighted by molar-refractivity contribution is 5.73. The van der Waals surface area contributed by atoms with Crippen LogP contribution in [0.4, 0.5) is 13.2 Å². The maximum atomic E-state index is 11.2. The molecule has 0 heterocycles. The second kappa shape index (κ2) is 14.5. The van der Waals surface area contributed by atoms with Gasteiger partial charge in [-0.2, -0.15) is 18.3 Å². The van der Waals surface area contributed by atoms with Crippen molar-refractivity contribution in [2.24, 2.45) is 28.7 Å². The fraction of sp³-hybridized carbons (Fsp3) is 0.789. The number of unbranched alkanes of at least 4 members (excludes halogenated alkanes) is 2. The molecule has 4 atom stereocenters. The Kier molecular flexibility index (Phi) is 13.3. The molecule has 1 aliphatic carbocycles. The quantitative estimate of drug-likeness (QED) is 0.105. The van der Waals surface area contributed by atoms with Gasteiger partial charge in [0.25, 0.3) is 0 Å². The minimum absolute atomic E-state index is 0.0237. The molecule has 0 aromatic heterocycles. The molecular weight excluding hydrogens is 421 g/mol. The third kappa shape index (κ3) is 13.4. The van der Waals surface area contributed by atoms with E-state index in [0.717, 1.165) is 45.1 Å². The molecule has 0 saturated heterocycles. The van der Waals surface area contributed by atoms with E-state index in [1.165, 1.54) is 6.34 Å². The van der Waals surface area contributed by atoms with Gasteiger partial charge in [0.05, 0.1) is 5.92 Å². The second-order valence-corrected chi connectivity index (χ2v) is 7.80. The summed E-state index contributed by atoms with van der Waals surface area (Å²) in [5.41, 5.74) is 0. The zero-order valence-corrected chi connectivity index (χ0v) is 17.8. The number of carboxylic acid groups (broad SMARTS) is 2. The Morgan fingerprint density at radius 1 is 1.19 bits per heavy atom. The van der Waals surface area contributed by atoms with E-state index in [2.05, 4.69) is 22.7 Å². The van der Waals surface area contributed by atoms with E-state index >= 15 is 0 Å². The molecule has 9 nitrogen and oxygen atoms in total. The van der Waals surface area contributed by atoms with Crippen LogP contribution in [0.2, 0.25) is 0 Å². The lowest BCUT2D eigenvalue weighted by molar-refractivity contribution is -0.192. The number of nitrogens with two attached hydrogens (primary N) is 1. The number of nitrogens with one attached hydrogen (secondary N) is 2. The lowest BCUT2D eigenvalue weighted by Gasteiger charge is -2.19. The van der Waals surface area contributed by atoms with Crippen LogP contribution in [0.25, 0.3) is 0 Å². The lowest BCUT2D eigenvalue weighted by atomic mass is 9.94. The van der Waals surface area contributed by atoms with E-state index in [0.29, 0.717) is 18.3 Å². The zero-order chi connectivity index (χ0) is 24.0. The van der Waals surface area contributed by atoms with Crippen LogP contribution in [0.15, 0.2) is 5.10 Å². The van der Waals surface area contributed by atoms with E-state index < -0.39 is 18.1 Å². The van der Waals surface area contributed by atoms with Crippen LogP contribution in [0, 0.1) is 17.8 Å². The normalized spacial score (nSPS) is 21.8. The summed E-state index contributed by atoms with van der Waals surface area (Å²) in [5, 5.41) is 25.8. The number of alkyl halides is 3. The molecule has 1 rings (SSSR count). The first kappa shape index (κ1) is 28.5. The smallest absolute Gasteiger partial charge is 0.481 e. The molecule has 31 heavy (non-hydrogen) atoms. The molecular formula is C19H33F3N4O5. The van der Waals surface area contributed by atoms with Crippen LogP contribution in [-0.4, -0.2) is 53.2 Å². The first-order valence-corrected chi connectivity index (χ1v) is 10.1. The summed E-state index contributed by atoms with van der Waals surface area (Å²) in [6.45, 7) is 4.43. The predicted molar refractivity (Wildman–Crippen MR) is 108 cm³/mol. The maximum Gasteiger partial charge on any atom is 0.490 e. The van der Waals surface area contributed by atoms with Crippen LogP contribution < -0.4 is 16.5 Å². The topological polar surface area (TPSA) is 154 Å². The number of rotatable bonds is 11. The highest BCUT2D eigenvalue weighted by Gasteiger charge is 2.38. The van der Waals surface area contributed by atoms with Gasteiger partial charge in [0.1, 0.15) is 6.34 Å². The monoisotopic (exact) mass is 454 g/mol. The van der Waals surface area contributed by atoms with Gasteiger partial charge in [-0.05, 0) is 37.5 Å². The standard InChI is InChI=1S/C17H32N4O3.C2HF3O2/c1-12(10-19-13(2)22)6-4-3-5-7-14-8-15(17(23)24)9-16(14)20-11-21-18;3-2(4,5)1(6)7/h11-12,14-16H,3-10,18H2,1-2H3,(H,19,22)(H,20,21)(H,23,24);(H,6,7). The molecule has 6 N–H and O–H groups in total. The first-order valence-electron chi connectivity index (χ1n) is 10.1. The van der Waals surface area contributed by atoms with Gasteiger partial charge >= 0.3 is 18.1 Å². The van der Waals surface area contributed by atoms with Crippen molar-refractivity contribution in [1.29, 1.82) is 0 Å². The molecule has 0 aliphatic heterocycles. The molecule has 0 radical (unpaired) electrons. The molecule has 4 unspecified atom stereocenters. The molecule has 1 fully saturated rings. The van der Waals surface area contributed by atoms with E-state index in [1.54, 1.807) is 6.92 Å². The van der Waals surface area contributed by atoms with Gasteiger partial charge in [-0.1, -0.05) is 26.2 Å². The van der Waals surface area contributed by atoms with Crippen molar-refractivity contribution in [3.05, 3.63) is 0 Å². The summed E-state index contributed by atoms with van der Waals surface area (Å²) in [6, 6.07) is 0.150. The fourth-order valence-electron chi connectivity index (χ4n) is 3.48. The van der Waals surface area contributed by atoms with Gasteiger partial charge in [0, 0.05) is 19.5 Å². The summed E-state index contributed by atoms with van der Waals surface area (Å²) in [7, 11) is 0. The van der Waals surface area contributed by atoms with Crippen molar-refractivity contribution in [3.63, 3.8) is 0 Å². The second-order valence-electron chi connectivity index (χ2n) is 7.80. The zero-order valence-electron chi connectivity index (χ0n) is 17.8. The summed E-state index contributed by atoms with van der Waals surface area (Å²) >= 11 is 0. The summed E-state index contributed by atoms with van der Waals surface area (Å²) < 4.78 is 31.7. The number of halogens is 3. The van der Waals surface area contributed by atoms with E-state index in [-0.39, 0.29) is 17.9 Å². The Hall–Kier alpha value is -2.53. The average molecular weight is 454 g/mol. The van der Waals surface area contributed by atoms with Crippen molar-refractivity contribution < 1.29 is 37.8 Å². The predicted octanol–water partition coefficient (Wildman–Crippen LogP) is 2.31. The Bertz CT molecular complexity index is 602. The number of carbonyl (C=O) groups is 3. The van der Waals surface area contributed by atoms with Gasteiger partial charge in [0.15, 0.2) is 0 Å². The van der Waals surface area contributed by atoms with Crippen molar-refractivity contribution in [2.45, 2.75) is 71.0 Å². The van der Waals surface area contributed by atoms with Gasteiger partial charge in [-0.15, -0.1) is 0 Å². The molecule has 1 saturated carbocycles. The number of carboxylic acids is 2. The van der Waals surface area contributed by atoms with E-state index in [1.807, 2.05) is 0 Å². The van der Waals surface area contributed by atoms with E-state index in [4.69, 9.17) is 15.7 Å². The number of hydrogen-bond donors (Lipinski definition) is 5. The molecule has 0 aromatic rings. The Labute approximate surface area is 179 Å². The number of hydrazone groups is 1. The van der Waals surface area contributed by atoms with Crippen LogP contribution in [0.1, 0.15) is 58.8 Å². The largest absolute Gasteiger partial charge is 0.490 e. The Morgan fingerprint density at radius 3 is 2.29 bits per heavy atom. The molecule has 0 aromatic carbocycles. The molecule has 1 amide bonds. The van der Waals surface area contributed by atoms with Crippen molar-refractivity contribution in [1.82, 2.24) is 10.6 Å². The van der Waals surface area contributed by atoms with Crippen molar-refractivity contribution in [2.75, 3.05) is 6.54 Å². The lowest BCUT2D eigenvalue weighted by Crippen LogP contribution is -2.32. The summed E-state index contributed by atoms with van der Waals surface area (Å²) in [5.74, 6) is 2.27. The first-order chi connectivity index (χ1) is 14.4. The minimum atomic E-state index is -5.08. The van der Waals surface area contributed by atoms with Gasteiger partial charge < -0.3 is 26.7 Å². The average Bonchev–Trinajstić information content (AvgIpc) is 3.07. The SMILES string of the molecule is CC(=O)NCC(C)CCCCCC1CC(C(=O)O)CC1NC=NN.O=C(O)C(F)(F)F. The third-order valence-corrected chi connectivity index (χ3v) is 5.12. The fourth-order valence-corrected chi connectivity index (χ4v) is 3.48. The Morgan fingerprint density at radius 2 is 1.81 bits per heavy atom. The third-order valence-electron chi connectivity index (χ3n) is 5.12. The van der Waals surface area contributed by atoms with Crippen molar-refractivity contribution in [3.8, 4) is 0 Å². The molecule has 180 valence electrons. The van der Waals surface area contributed by atoms with Crippen LogP contribution >= 0.6 is 0 Å². The molecule has 0 spiro atoms. The van der Waals surface area contributed by atoms with Crippen LogP contribution in [0.3, 0.4) is 0 Å². The van der Waals surface area contributed by atoms with Crippen molar-refractivity contribution >= 4 is 24.2 Å². The highest BCUT2D eigenvalue weighted by Crippen LogP contribution is 2.35. The van der Waals surface area contributed by atoms with E-state index in [9.17, 15) is 27.9 Å². The van der Waals surface area contributed by atoms with Crippen LogP contribution in [0.5, 0.6) is 0 Å². The van der Waals surface area contributed by atoms with Crippen LogP contribution in [-0.2, 0) is 14.4 Å². The number of hydrogen-bond acceptors (Lipinski definition) is 5. The molecule has 1 aliphatic rings. The number of nitrogens with zero attached hydrogens (tertiary/aromatic N) is 1. The summed E-state index contributed by atoms with van der Waals surface area (Å²) in [6.07, 6.45) is 3.25. The minimum Gasteiger partial charge on any atom is -0.481 e. The highest BCUT2D eigenvalue weighted by atomic mass is 19.4. The van der Waals surface area contributed by atoms with Gasteiger partial charge in [-0.3, -0.25) is 9.59 Å². The maximum absolute atomic E-state index is 11.2. The summed E-state index contributed by atoms with van der Waals surface area (Å²) in [4.78, 5) is 31.0. The Balaban J connectivity index is 0.00000110. The van der Waals surface area contributed by atoms with Gasteiger partial charge in [0.2, 0.25) is 5.91 Å². The van der Waals surface area contributed by atoms with Gasteiger partial charge in [-0.25, -0.2) is 4.79 Å². The molecule has 0 bridgehead atoms. The number of amides is 1.